The molecule has 1 heterocycles. The molecule has 17 heavy (non-hydrogen) atoms. The summed E-state index contributed by atoms with van der Waals surface area (Å²) < 4.78 is 5.54. The Kier molecular flexibility index (Phi) is 5.27. The zero-order valence-electron chi connectivity index (χ0n) is 10.5. The molecule has 3 nitrogen and oxygen atoms in total. The highest BCUT2D eigenvalue weighted by molar-refractivity contribution is 5.09. The number of hydrogen-bond donors (Lipinski definition) is 0. The van der Waals surface area contributed by atoms with Crippen LogP contribution in [0.1, 0.15) is 51.4 Å². The van der Waals surface area contributed by atoms with Crippen LogP contribution in [-0.2, 0) is 0 Å². The van der Waals surface area contributed by atoms with Gasteiger partial charge in [-0.2, -0.15) is 0 Å². The molecule has 1 aromatic rings. The third-order valence-corrected chi connectivity index (χ3v) is 3.26. The zero-order chi connectivity index (χ0) is 11.8. The highest BCUT2D eigenvalue weighted by atomic mass is 16.5. The number of unbranched alkanes of at least 4 members (excludes halogenated alkanes) is 4. The average molecular weight is 234 g/mol. The Labute approximate surface area is 104 Å². The molecular formula is C14H22N2O. The molecule has 0 radical (unpaired) electrons. The number of nitrogens with zero attached hydrogens (tertiary/aromatic N) is 2. The first kappa shape index (κ1) is 12.3. The fourth-order valence-electron chi connectivity index (χ4n) is 2.02. The first-order chi connectivity index (χ1) is 8.45. The molecule has 1 aromatic heterocycles. The molecule has 0 amide bonds. The van der Waals surface area contributed by atoms with Gasteiger partial charge in [-0.3, -0.25) is 0 Å². The van der Waals surface area contributed by atoms with Gasteiger partial charge in [0, 0.05) is 0 Å². The fraction of sp³-hybridized carbons (Fsp3) is 0.714. The second-order valence-corrected chi connectivity index (χ2v) is 4.92. The van der Waals surface area contributed by atoms with Crippen LogP contribution in [0.4, 0.5) is 0 Å². The van der Waals surface area contributed by atoms with Gasteiger partial charge in [0.05, 0.1) is 19.0 Å². The molecular weight excluding hydrogens is 212 g/mol. The van der Waals surface area contributed by atoms with Gasteiger partial charge in [-0.1, -0.05) is 44.9 Å². The molecule has 0 N–H and O–H groups in total. The normalized spacial score (nSPS) is 14.8. The van der Waals surface area contributed by atoms with Gasteiger partial charge in [0.25, 0.3) is 0 Å². The summed E-state index contributed by atoms with van der Waals surface area (Å²) in [6.07, 6.45) is 16.0. The minimum Gasteiger partial charge on any atom is -0.490 e. The number of hydrogen-bond acceptors (Lipinski definition) is 3. The summed E-state index contributed by atoms with van der Waals surface area (Å²) in [5, 5.41) is 0. The Bertz CT molecular complexity index is 298. The van der Waals surface area contributed by atoms with Gasteiger partial charge in [-0.25, -0.2) is 9.97 Å². The van der Waals surface area contributed by atoms with Crippen LogP contribution < -0.4 is 4.74 Å². The maximum atomic E-state index is 5.54. The topological polar surface area (TPSA) is 35.0 Å². The van der Waals surface area contributed by atoms with E-state index in [4.69, 9.17) is 4.74 Å². The number of ether oxygens (including phenoxy) is 1. The Morgan fingerprint density at radius 2 is 1.71 bits per heavy atom. The standard InChI is InChI=1S/C14H22N2O/c1(2-4-6-13-7-8-13)3-5-9-17-14-10-15-12-16-11-14/h10-13H,1-9H2. The van der Waals surface area contributed by atoms with Crippen LogP contribution in [0.25, 0.3) is 0 Å². The molecule has 1 aliphatic rings. The lowest BCUT2D eigenvalue weighted by atomic mass is 10.1. The molecule has 0 spiro atoms. The van der Waals surface area contributed by atoms with Crippen molar-refractivity contribution in [2.75, 3.05) is 6.61 Å². The van der Waals surface area contributed by atoms with Crippen molar-refractivity contribution in [2.24, 2.45) is 5.92 Å². The first-order valence-corrected chi connectivity index (χ1v) is 6.83. The van der Waals surface area contributed by atoms with Crippen LogP contribution in [0.5, 0.6) is 5.75 Å². The van der Waals surface area contributed by atoms with Gasteiger partial charge >= 0.3 is 0 Å². The van der Waals surface area contributed by atoms with Crippen molar-refractivity contribution in [1.82, 2.24) is 9.97 Å². The minimum atomic E-state index is 0.779. The van der Waals surface area contributed by atoms with Gasteiger partial charge in [0.15, 0.2) is 5.75 Å². The van der Waals surface area contributed by atoms with Gasteiger partial charge in [0.1, 0.15) is 6.33 Å². The van der Waals surface area contributed by atoms with E-state index in [2.05, 4.69) is 9.97 Å². The van der Waals surface area contributed by atoms with E-state index in [-0.39, 0.29) is 0 Å². The second-order valence-electron chi connectivity index (χ2n) is 4.92. The summed E-state index contributed by atoms with van der Waals surface area (Å²) in [4.78, 5) is 7.82. The van der Waals surface area contributed by atoms with Gasteiger partial charge < -0.3 is 4.74 Å². The van der Waals surface area contributed by atoms with Crippen LogP contribution in [-0.4, -0.2) is 16.6 Å². The molecule has 0 unspecified atom stereocenters. The highest BCUT2D eigenvalue weighted by Crippen LogP contribution is 2.34. The summed E-state index contributed by atoms with van der Waals surface area (Å²) in [5.74, 6) is 1.87. The fourth-order valence-corrected chi connectivity index (χ4v) is 2.02. The van der Waals surface area contributed by atoms with Crippen LogP contribution in [0.3, 0.4) is 0 Å². The van der Waals surface area contributed by atoms with E-state index in [1.807, 2.05) is 0 Å². The summed E-state index contributed by atoms with van der Waals surface area (Å²) in [7, 11) is 0. The Morgan fingerprint density at radius 3 is 2.47 bits per heavy atom. The maximum Gasteiger partial charge on any atom is 0.155 e. The molecule has 0 aliphatic heterocycles. The molecule has 94 valence electrons. The van der Waals surface area contributed by atoms with Crippen molar-refractivity contribution in [1.29, 1.82) is 0 Å². The van der Waals surface area contributed by atoms with Gasteiger partial charge in [-0.05, 0) is 12.3 Å². The molecule has 1 fully saturated rings. The predicted octanol–water partition coefficient (Wildman–Crippen LogP) is 3.61. The van der Waals surface area contributed by atoms with Gasteiger partial charge in [-0.15, -0.1) is 0 Å². The first-order valence-electron chi connectivity index (χ1n) is 6.83. The lowest BCUT2D eigenvalue weighted by Crippen LogP contribution is -1.98. The van der Waals surface area contributed by atoms with E-state index in [1.54, 1.807) is 12.4 Å². The SMILES string of the molecule is c1ncc(OCCCCCCCC2CC2)cn1. The molecule has 2 rings (SSSR count). The van der Waals surface area contributed by atoms with E-state index < -0.39 is 0 Å². The van der Waals surface area contributed by atoms with E-state index >= 15 is 0 Å². The van der Waals surface area contributed by atoms with E-state index in [9.17, 15) is 0 Å². The zero-order valence-corrected chi connectivity index (χ0v) is 10.5. The van der Waals surface area contributed by atoms with Crippen LogP contribution >= 0.6 is 0 Å². The van der Waals surface area contributed by atoms with Crippen molar-refractivity contribution in [3.63, 3.8) is 0 Å². The summed E-state index contributed by atoms with van der Waals surface area (Å²) >= 11 is 0. The van der Waals surface area contributed by atoms with Gasteiger partial charge in [0.2, 0.25) is 0 Å². The monoisotopic (exact) mass is 234 g/mol. The van der Waals surface area contributed by atoms with E-state index in [1.165, 1.54) is 51.3 Å². The Hall–Kier alpha value is -1.12. The van der Waals surface area contributed by atoms with Crippen molar-refractivity contribution < 1.29 is 4.74 Å². The molecule has 0 atom stereocenters. The van der Waals surface area contributed by atoms with Crippen molar-refractivity contribution in [3.8, 4) is 5.75 Å². The molecule has 1 aliphatic carbocycles. The molecule has 0 aromatic carbocycles. The quantitative estimate of drug-likeness (QED) is 0.612. The van der Waals surface area contributed by atoms with Crippen LogP contribution in [0.2, 0.25) is 0 Å². The van der Waals surface area contributed by atoms with Crippen molar-refractivity contribution in [2.45, 2.75) is 51.4 Å². The second kappa shape index (κ2) is 7.25. The van der Waals surface area contributed by atoms with Crippen LogP contribution in [0, 0.1) is 5.92 Å². The molecule has 3 heteroatoms. The molecule has 0 saturated heterocycles. The Balaban J connectivity index is 1.38. The molecule has 1 saturated carbocycles. The smallest absolute Gasteiger partial charge is 0.155 e. The van der Waals surface area contributed by atoms with E-state index in [0.717, 1.165) is 24.7 Å². The third kappa shape index (κ3) is 5.66. The molecule has 0 bridgehead atoms. The van der Waals surface area contributed by atoms with E-state index in [0.29, 0.717) is 0 Å². The summed E-state index contributed by atoms with van der Waals surface area (Å²) in [5.41, 5.74) is 0. The lowest BCUT2D eigenvalue weighted by Gasteiger charge is -2.04. The number of rotatable bonds is 9. The number of aromatic nitrogens is 2. The van der Waals surface area contributed by atoms with Crippen molar-refractivity contribution >= 4 is 0 Å². The third-order valence-electron chi connectivity index (χ3n) is 3.26. The minimum absolute atomic E-state index is 0.779. The summed E-state index contributed by atoms with van der Waals surface area (Å²) in [6, 6.07) is 0. The van der Waals surface area contributed by atoms with Crippen LogP contribution in [0.15, 0.2) is 18.7 Å². The lowest BCUT2D eigenvalue weighted by molar-refractivity contribution is 0.302. The highest BCUT2D eigenvalue weighted by Gasteiger charge is 2.19. The Morgan fingerprint density at radius 1 is 1.00 bits per heavy atom. The van der Waals surface area contributed by atoms with Crippen molar-refractivity contribution in [3.05, 3.63) is 18.7 Å². The predicted molar refractivity (Wildman–Crippen MR) is 68.0 cm³/mol. The average Bonchev–Trinajstić information content (AvgIpc) is 3.18. The maximum absolute atomic E-state index is 5.54. The largest absolute Gasteiger partial charge is 0.490 e. The summed E-state index contributed by atoms with van der Waals surface area (Å²) in [6.45, 7) is 0.788.